The van der Waals surface area contributed by atoms with Crippen molar-refractivity contribution in [1.29, 1.82) is 0 Å². The van der Waals surface area contributed by atoms with E-state index in [0.717, 1.165) is 39.0 Å². The Morgan fingerprint density at radius 3 is 2.71 bits per heavy atom. The summed E-state index contributed by atoms with van der Waals surface area (Å²) >= 11 is 11.9. The van der Waals surface area contributed by atoms with Crippen molar-refractivity contribution in [2.45, 2.75) is 19.3 Å². The first-order valence-electron chi connectivity index (χ1n) is 7.26. The second-order valence-corrected chi connectivity index (χ2v) is 6.29. The number of hydrogen-bond donors (Lipinski definition) is 2. The minimum atomic E-state index is -0.0416. The lowest BCUT2D eigenvalue weighted by Gasteiger charge is -2.31. The predicted molar refractivity (Wildman–Crippen MR) is 87.9 cm³/mol. The molecule has 0 aliphatic carbocycles. The first-order chi connectivity index (χ1) is 10.1. The van der Waals surface area contributed by atoms with Crippen LogP contribution in [0.25, 0.3) is 0 Å². The number of carbonyl (C=O) groups excluding carboxylic acids is 1. The number of anilines is 1. The molecule has 0 saturated carbocycles. The lowest BCUT2D eigenvalue weighted by Crippen LogP contribution is -2.37. The van der Waals surface area contributed by atoms with Crippen LogP contribution in [0.2, 0.25) is 10.0 Å². The molecule has 1 aliphatic rings. The predicted octanol–water partition coefficient (Wildman–Crippen LogP) is 2.99. The molecule has 1 aromatic carbocycles. The van der Waals surface area contributed by atoms with Crippen molar-refractivity contribution in [3.63, 3.8) is 0 Å². The number of nitrogens with one attached hydrogen (secondary N) is 1. The summed E-state index contributed by atoms with van der Waals surface area (Å²) < 4.78 is 0. The molecule has 1 amide bonds. The van der Waals surface area contributed by atoms with Crippen LogP contribution >= 0.6 is 23.2 Å². The summed E-state index contributed by atoms with van der Waals surface area (Å²) in [6.45, 7) is 3.57. The lowest BCUT2D eigenvalue weighted by molar-refractivity contribution is -0.116. The zero-order valence-corrected chi connectivity index (χ0v) is 13.5. The van der Waals surface area contributed by atoms with Crippen LogP contribution in [-0.4, -0.2) is 37.0 Å². The molecular formula is C15H21Cl2N3O. The Morgan fingerprint density at radius 2 is 2.05 bits per heavy atom. The van der Waals surface area contributed by atoms with Gasteiger partial charge >= 0.3 is 0 Å². The minimum Gasteiger partial charge on any atom is -0.330 e. The molecule has 0 bridgehead atoms. The van der Waals surface area contributed by atoms with Gasteiger partial charge in [-0.15, -0.1) is 0 Å². The molecule has 1 saturated heterocycles. The molecule has 116 valence electrons. The molecule has 0 atom stereocenters. The smallest absolute Gasteiger partial charge is 0.225 e. The standard InChI is InChI=1S/C15H21Cl2N3O/c16-12-1-2-13(17)14(9-12)19-15(21)5-8-20-6-3-11(10-18)4-7-20/h1-2,9,11H,3-8,10,18H2,(H,19,21). The van der Waals surface area contributed by atoms with E-state index in [0.29, 0.717) is 28.1 Å². The maximum absolute atomic E-state index is 12.0. The molecule has 4 nitrogen and oxygen atoms in total. The fraction of sp³-hybridized carbons (Fsp3) is 0.533. The second-order valence-electron chi connectivity index (χ2n) is 5.44. The Bertz CT molecular complexity index is 488. The number of nitrogens with zero attached hydrogens (tertiary/aromatic N) is 1. The van der Waals surface area contributed by atoms with Crippen molar-refractivity contribution < 1.29 is 4.79 Å². The Labute approximate surface area is 135 Å². The average Bonchev–Trinajstić information content (AvgIpc) is 2.49. The Morgan fingerprint density at radius 1 is 1.33 bits per heavy atom. The number of carbonyl (C=O) groups is 1. The van der Waals surface area contributed by atoms with Gasteiger partial charge in [0.1, 0.15) is 0 Å². The van der Waals surface area contributed by atoms with Crippen LogP contribution in [0, 0.1) is 5.92 Å². The molecule has 21 heavy (non-hydrogen) atoms. The van der Waals surface area contributed by atoms with Crippen molar-refractivity contribution in [3.8, 4) is 0 Å². The normalized spacial score (nSPS) is 16.9. The van der Waals surface area contributed by atoms with Crippen molar-refractivity contribution in [2.24, 2.45) is 11.7 Å². The van der Waals surface area contributed by atoms with Crippen molar-refractivity contribution >= 4 is 34.8 Å². The van der Waals surface area contributed by atoms with Crippen LogP contribution in [0.1, 0.15) is 19.3 Å². The lowest BCUT2D eigenvalue weighted by atomic mass is 9.97. The SMILES string of the molecule is NCC1CCN(CCC(=O)Nc2cc(Cl)ccc2Cl)CC1. The van der Waals surface area contributed by atoms with Crippen LogP contribution in [0.5, 0.6) is 0 Å². The third kappa shape index (κ3) is 5.15. The zero-order valence-electron chi connectivity index (χ0n) is 11.9. The summed E-state index contributed by atoms with van der Waals surface area (Å²) in [6, 6.07) is 5.03. The average molecular weight is 330 g/mol. The maximum atomic E-state index is 12.0. The molecule has 1 aliphatic heterocycles. The van der Waals surface area contributed by atoms with Crippen molar-refractivity contribution in [3.05, 3.63) is 28.2 Å². The molecule has 1 fully saturated rings. The van der Waals surface area contributed by atoms with E-state index in [1.807, 2.05) is 0 Å². The molecule has 0 aromatic heterocycles. The van der Waals surface area contributed by atoms with Gasteiger partial charge in [0.2, 0.25) is 5.91 Å². The molecular weight excluding hydrogens is 309 g/mol. The zero-order chi connectivity index (χ0) is 15.2. The summed E-state index contributed by atoms with van der Waals surface area (Å²) in [7, 11) is 0. The Balaban J connectivity index is 1.76. The molecule has 2 rings (SSSR count). The van der Waals surface area contributed by atoms with Crippen molar-refractivity contribution in [2.75, 3.05) is 31.5 Å². The Kier molecular flexibility index (Phi) is 6.30. The molecule has 0 spiro atoms. The topological polar surface area (TPSA) is 58.4 Å². The van der Waals surface area contributed by atoms with Crippen LogP contribution in [0.3, 0.4) is 0 Å². The monoisotopic (exact) mass is 329 g/mol. The highest BCUT2D eigenvalue weighted by Gasteiger charge is 2.18. The fourth-order valence-corrected chi connectivity index (χ4v) is 2.85. The summed E-state index contributed by atoms with van der Waals surface area (Å²) in [5.41, 5.74) is 6.24. The van der Waals surface area contributed by atoms with Gasteiger partial charge in [-0.3, -0.25) is 4.79 Å². The summed E-state index contributed by atoms with van der Waals surface area (Å²) in [5, 5.41) is 3.86. The highest BCUT2D eigenvalue weighted by atomic mass is 35.5. The van der Waals surface area contributed by atoms with Gasteiger partial charge in [-0.25, -0.2) is 0 Å². The van der Waals surface area contributed by atoms with E-state index in [-0.39, 0.29) is 5.91 Å². The number of nitrogens with two attached hydrogens (primary N) is 1. The van der Waals surface area contributed by atoms with Crippen molar-refractivity contribution in [1.82, 2.24) is 4.90 Å². The van der Waals surface area contributed by atoms with E-state index >= 15 is 0 Å². The third-order valence-corrected chi connectivity index (χ3v) is 4.46. The van der Waals surface area contributed by atoms with Gasteiger partial charge in [0.15, 0.2) is 0 Å². The number of amides is 1. The Hall–Kier alpha value is -0.810. The summed E-state index contributed by atoms with van der Waals surface area (Å²) in [5.74, 6) is 0.598. The van der Waals surface area contributed by atoms with Gasteiger partial charge in [-0.2, -0.15) is 0 Å². The fourth-order valence-electron chi connectivity index (χ4n) is 2.51. The van der Waals surface area contributed by atoms with Gasteiger partial charge in [-0.1, -0.05) is 23.2 Å². The van der Waals surface area contributed by atoms with Gasteiger partial charge in [0.25, 0.3) is 0 Å². The molecule has 0 unspecified atom stereocenters. The van der Waals surface area contributed by atoms with E-state index in [2.05, 4.69) is 10.2 Å². The first-order valence-corrected chi connectivity index (χ1v) is 8.01. The number of hydrogen-bond acceptors (Lipinski definition) is 3. The second kappa shape index (κ2) is 7.99. The van der Waals surface area contributed by atoms with Gasteiger partial charge < -0.3 is 16.0 Å². The number of halogens is 2. The number of likely N-dealkylation sites (tertiary alicyclic amines) is 1. The van der Waals surface area contributed by atoms with E-state index in [1.165, 1.54) is 0 Å². The molecule has 6 heteroatoms. The van der Waals surface area contributed by atoms with Crippen LogP contribution in [-0.2, 0) is 4.79 Å². The van der Waals surface area contributed by atoms with Crippen LogP contribution in [0.4, 0.5) is 5.69 Å². The highest BCUT2D eigenvalue weighted by Crippen LogP contribution is 2.25. The minimum absolute atomic E-state index is 0.0416. The molecule has 1 aromatic rings. The van der Waals surface area contributed by atoms with E-state index < -0.39 is 0 Å². The molecule has 1 heterocycles. The first kappa shape index (κ1) is 16.6. The molecule has 0 radical (unpaired) electrons. The van der Waals surface area contributed by atoms with Gasteiger partial charge in [0.05, 0.1) is 10.7 Å². The summed E-state index contributed by atoms with van der Waals surface area (Å²) in [6.07, 6.45) is 2.70. The highest BCUT2D eigenvalue weighted by molar-refractivity contribution is 6.35. The van der Waals surface area contributed by atoms with Crippen LogP contribution < -0.4 is 11.1 Å². The van der Waals surface area contributed by atoms with E-state index in [1.54, 1.807) is 18.2 Å². The number of piperidine rings is 1. The molecule has 3 N–H and O–H groups in total. The quantitative estimate of drug-likeness (QED) is 0.873. The van der Waals surface area contributed by atoms with E-state index in [9.17, 15) is 4.79 Å². The van der Waals surface area contributed by atoms with E-state index in [4.69, 9.17) is 28.9 Å². The largest absolute Gasteiger partial charge is 0.330 e. The number of benzene rings is 1. The summed E-state index contributed by atoms with van der Waals surface area (Å²) in [4.78, 5) is 14.3. The number of rotatable bonds is 5. The van der Waals surface area contributed by atoms with Crippen LogP contribution in [0.15, 0.2) is 18.2 Å². The van der Waals surface area contributed by atoms with Gasteiger partial charge in [0, 0.05) is 18.0 Å². The maximum Gasteiger partial charge on any atom is 0.225 e. The third-order valence-electron chi connectivity index (χ3n) is 3.90. The van der Waals surface area contributed by atoms with Gasteiger partial charge in [-0.05, 0) is 56.6 Å².